The first-order valence-corrected chi connectivity index (χ1v) is 6.07. The highest BCUT2D eigenvalue weighted by Crippen LogP contribution is 2.38. The molecule has 5 heteroatoms. The maximum atomic E-state index is 13.0. The average Bonchev–Trinajstić information content (AvgIpc) is 2.74. The Balaban J connectivity index is 2.40. The number of hydrogen-bond donors (Lipinski definition) is 1. The third-order valence-electron chi connectivity index (χ3n) is 3.37. The fourth-order valence-corrected chi connectivity index (χ4v) is 2.37. The Bertz CT molecular complexity index is 429. The quantitative estimate of drug-likeness (QED) is 0.883. The molecule has 1 aliphatic heterocycles. The highest BCUT2D eigenvalue weighted by atomic mass is 19.4. The van der Waals surface area contributed by atoms with Crippen LogP contribution >= 0.6 is 0 Å². The van der Waals surface area contributed by atoms with Crippen molar-refractivity contribution in [3.8, 4) is 0 Å². The third kappa shape index (κ3) is 2.61. The predicted molar refractivity (Wildman–Crippen MR) is 65.3 cm³/mol. The Hall–Kier alpha value is -1.23. The van der Waals surface area contributed by atoms with E-state index in [2.05, 4.69) is 6.92 Å². The van der Waals surface area contributed by atoms with E-state index in [0.29, 0.717) is 24.6 Å². The van der Waals surface area contributed by atoms with E-state index in [1.54, 1.807) is 12.1 Å². The van der Waals surface area contributed by atoms with Crippen LogP contribution in [0.25, 0.3) is 0 Å². The van der Waals surface area contributed by atoms with E-state index in [9.17, 15) is 13.2 Å². The number of nitrogens with zero attached hydrogens (tertiary/aromatic N) is 1. The van der Waals surface area contributed by atoms with E-state index in [-0.39, 0.29) is 12.2 Å². The standard InChI is InChI=1S/C13H17F3N2/c1-9-4-5-18(8-9)12-3-2-10(7-17)6-11(12)13(14,15)16/h2-3,6,9H,4-5,7-8,17H2,1H3. The van der Waals surface area contributed by atoms with Gasteiger partial charge in [-0.05, 0) is 30.0 Å². The van der Waals surface area contributed by atoms with E-state index in [0.717, 1.165) is 6.42 Å². The molecular formula is C13H17F3N2. The molecule has 2 N–H and O–H groups in total. The van der Waals surface area contributed by atoms with Gasteiger partial charge in [-0.1, -0.05) is 13.0 Å². The summed E-state index contributed by atoms with van der Waals surface area (Å²) < 4.78 is 39.1. The van der Waals surface area contributed by atoms with Crippen LogP contribution in [-0.2, 0) is 12.7 Å². The van der Waals surface area contributed by atoms with Gasteiger partial charge in [-0.3, -0.25) is 0 Å². The fraction of sp³-hybridized carbons (Fsp3) is 0.538. The van der Waals surface area contributed by atoms with Crippen molar-refractivity contribution in [2.75, 3.05) is 18.0 Å². The van der Waals surface area contributed by atoms with Crippen LogP contribution in [0.5, 0.6) is 0 Å². The minimum atomic E-state index is -4.33. The Labute approximate surface area is 105 Å². The molecule has 1 aromatic carbocycles. The van der Waals surface area contributed by atoms with Gasteiger partial charge in [0.05, 0.1) is 5.56 Å². The molecule has 0 radical (unpaired) electrons. The lowest BCUT2D eigenvalue weighted by atomic mass is 10.1. The molecule has 1 aliphatic rings. The Morgan fingerprint density at radius 1 is 1.39 bits per heavy atom. The van der Waals surface area contributed by atoms with E-state index in [1.807, 2.05) is 4.90 Å². The monoisotopic (exact) mass is 258 g/mol. The van der Waals surface area contributed by atoms with Crippen molar-refractivity contribution in [2.24, 2.45) is 11.7 Å². The van der Waals surface area contributed by atoms with Gasteiger partial charge in [0.2, 0.25) is 0 Å². The van der Waals surface area contributed by atoms with Crippen LogP contribution < -0.4 is 10.6 Å². The first-order valence-electron chi connectivity index (χ1n) is 6.07. The summed E-state index contributed by atoms with van der Waals surface area (Å²) in [6.45, 7) is 3.55. The molecule has 1 saturated heterocycles. The lowest BCUT2D eigenvalue weighted by molar-refractivity contribution is -0.137. The minimum Gasteiger partial charge on any atom is -0.371 e. The molecule has 0 aliphatic carbocycles. The molecule has 100 valence electrons. The number of benzene rings is 1. The van der Waals surface area contributed by atoms with Crippen molar-refractivity contribution in [2.45, 2.75) is 26.1 Å². The van der Waals surface area contributed by atoms with Crippen LogP contribution in [0.4, 0.5) is 18.9 Å². The third-order valence-corrected chi connectivity index (χ3v) is 3.37. The molecule has 1 aromatic rings. The molecule has 1 fully saturated rings. The van der Waals surface area contributed by atoms with Crippen molar-refractivity contribution in [1.29, 1.82) is 0 Å². The van der Waals surface area contributed by atoms with E-state index < -0.39 is 11.7 Å². The second-order valence-corrected chi connectivity index (χ2v) is 4.89. The molecule has 2 rings (SSSR count). The predicted octanol–water partition coefficient (Wildman–Crippen LogP) is 3.01. The van der Waals surface area contributed by atoms with Crippen LogP contribution in [0, 0.1) is 5.92 Å². The lowest BCUT2D eigenvalue weighted by Crippen LogP contribution is -2.23. The second-order valence-electron chi connectivity index (χ2n) is 4.89. The molecule has 0 aromatic heterocycles. The molecule has 1 unspecified atom stereocenters. The van der Waals surface area contributed by atoms with Crippen molar-refractivity contribution in [3.05, 3.63) is 29.3 Å². The van der Waals surface area contributed by atoms with Gasteiger partial charge < -0.3 is 10.6 Å². The van der Waals surface area contributed by atoms with Gasteiger partial charge in [0.15, 0.2) is 0 Å². The Morgan fingerprint density at radius 2 is 2.11 bits per heavy atom. The zero-order valence-corrected chi connectivity index (χ0v) is 10.3. The number of rotatable bonds is 2. The minimum absolute atomic E-state index is 0.125. The van der Waals surface area contributed by atoms with Crippen molar-refractivity contribution in [3.63, 3.8) is 0 Å². The van der Waals surface area contributed by atoms with Gasteiger partial charge in [-0.15, -0.1) is 0 Å². The van der Waals surface area contributed by atoms with Crippen molar-refractivity contribution in [1.82, 2.24) is 0 Å². The van der Waals surface area contributed by atoms with Crippen LogP contribution in [0.2, 0.25) is 0 Å². The maximum absolute atomic E-state index is 13.0. The average molecular weight is 258 g/mol. The number of hydrogen-bond acceptors (Lipinski definition) is 2. The largest absolute Gasteiger partial charge is 0.418 e. The summed E-state index contributed by atoms with van der Waals surface area (Å²) in [6.07, 6.45) is -3.39. The number of alkyl halides is 3. The molecule has 0 amide bonds. The van der Waals surface area contributed by atoms with Crippen LogP contribution in [0.1, 0.15) is 24.5 Å². The molecule has 2 nitrogen and oxygen atoms in total. The highest BCUT2D eigenvalue weighted by molar-refractivity contribution is 5.57. The SMILES string of the molecule is CC1CCN(c2ccc(CN)cc2C(F)(F)F)C1. The molecule has 0 bridgehead atoms. The normalized spacial score (nSPS) is 20.5. The summed E-state index contributed by atoms with van der Waals surface area (Å²) in [5.74, 6) is 0.445. The lowest BCUT2D eigenvalue weighted by Gasteiger charge is -2.23. The number of anilines is 1. The summed E-state index contributed by atoms with van der Waals surface area (Å²) in [7, 11) is 0. The Morgan fingerprint density at radius 3 is 2.61 bits per heavy atom. The van der Waals surface area contributed by atoms with Gasteiger partial charge in [0.25, 0.3) is 0 Å². The Kier molecular flexibility index (Phi) is 3.52. The zero-order chi connectivity index (χ0) is 13.3. The summed E-state index contributed by atoms with van der Waals surface area (Å²) in [5, 5.41) is 0. The molecule has 18 heavy (non-hydrogen) atoms. The number of halogens is 3. The van der Waals surface area contributed by atoms with E-state index >= 15 is 0 Å². The topological polar surface area (TPSA) is 29.3 Å². The maximum Gasteiger partial charge on any atom is 0.418 e. The van der Waals surface area contributed by atoms with Gasteiger partial charge in [-0.25, -0.2) is 0 Å². The molecule has 0 saturated carbocycles. The molecule has 1 heterocycles. The smallest absolute Gasteiger partial charge is 0.371 e. The summed E-state index contributed by atoms with van der Waals surface area (Å²) in [6, 6.07) is 4.38. The van der Waals surface area contributed by atoms with Crippen LogP contribution in [0.15, 0.2) is 18.2 Å². The molecular weight excluding hydrogens is 241 g/mol. The summed E-state index contributed by atoms with van der Waals surface area (Å²) in [5.41, 5.74) is 5.63. The van der Waals surface area contributed by atoms with Crippen LogP contribution in [0.3, 0.4) is 0 Å². The molecule has 1 atom stereocenters. The van der Waals surface area contributed by atoms with Gasteiger partial charge in [-0.2, -0.15) is 13.2 Å². The number of nitrogens with two attached hydrogens (primary N) is 1. The first kappa shape index (κ1) is 13.2. The van der Waals surface area contributed by atoms with Gasteiger partial charge >= 0.3 is 6.18 Å². The fourth-order valence-electron chi connectivity index (χ4n) is 2.37. The molecule has 0 spiro atoms. The highest BCUT2D eigenvalue weighted by Gasteiger charge is 2.36. The van der Waals surface area contributed by atoms with Gasteiger partial charge in [0.1, 0.15) is 0 Å². The van der Waals surface area contributed by atoms with E-state index in [1.165, 1.54) is 6.07 Å². The van der Waals surface area contributed by atoms with Crippen molar-refractivity contribution >= 4 is 5.69 Å². The first-order chi connectivity index (χ1) is 8.41. The van der Waals surface area contributed by atoms with Crippen molar-refractivity contribution < 1.29 is 13.2 Å². The van der Waals surface area contributed by atoms with E-state index in [4.69, 9.17) is 5.73 Å². The summed E-state index contributed by atoms with van der Waals surface area (Å²) >= 11 is 0. The summed E-state index contributed by atoms with van der Waals surface area (Å²) in [4.78, 5) is 1.81. The second kappa shape index (κ2) is 4.80. The zero-order valence-electron chi connectivity index (χ0n) is 10.3. The van der Waals surface area contributed by atoms with Crippen LogP contribution in [-0.4, -0.2) is 13.1 Å². The van der Waals surface area contributed by atoms with Gasteiger partial charge in [0, 0.05) is 25.3 Å².